The maximum atomic E-state index is 11.2. The molecule has 1 aromatic rings. The second-order valence-electron chi connectivity index (χ2n) is 4.62. The quantitative estimate of drug-likeness (QED) is 0.782. The van der Waals surface area contributed by atoms with Crippen LogP contribution in [0.15, 0.2) is 24.3 Å². The third-order valence-electron chi connectivity index (χ3n) is 3.54. The molecule has 1 fully saturated rings. The van der Waals surface area contributed by atoms with Gasteiger partial charge in [-0.3, -0.25) is 0 Å². The van der Waals surface area contributed by atoms with E-state index >= 15 is 0 Å². The van der Waals surface area contributed by atoms with Crippen LogP contribution in [0.3, 0.4) is 0 Å². The molecule has 5 heteroatoms. The third kappa shape index (κ3) is 2.81. The Morgan fingerprint density at radius 3 is 2.17 bits per heavy atom. The number of benzene rings is 1. The zero-order valence-electron chi connectivity index (χ0n) is 10.6. The lowest BCUT2D eigenvalue weighted by Gasteiger charge is -2.21. The van der Waals surface area contributed by atoms with Crippen molar-refractivity contribution in [1.82, 2.24) is 0 Å². The fraction of sp³-hybridized carbons (Fsp3) is 0.538. The summed E-state index contributed by atoms with van der Waals surface area (Å²) in [6.45, 7) is 6.18. The summed E-state index contributed by atoms with van der Waals surface area (Å²) in [5.41, 5.74) is 2.25. The first-order valence-electron chi connectivity index (χ1n) is 6.25. The molecule has 0 aromatic heterocycles. The number of anilines is 1. The molecule has 1 aliphatic rings. The van der Waals surface area contributed by atoms with Crippen LogP contribution < -0.4 is 4.90 Å². The summed E-state index contributed by atoms with van der Waals surface area (Å²) in [5.74, 6) is 0.0817. The summed E-state index contributed by atoms with van der Waals surface area (Å²) in [6.07, 6.45) is 0.649. The van der Waals surface area contributed by atoms with Gasteiger partial charge >= 0.3 is 0 Å². The SMILES string of the molecule is CCN(CC)c1ccc(C2CC2S(=O)(=O)Cl)cc1. The minimum absolute atomic E-state index is 0.0817. The molecule has 1 aromatic carbocycles. The first kappa shape index (κ1) is 13.7. The lowest BCUT2D eigenvalue weighted by atomic mass is 10.1. The minimum Gasteiger partial charge on any atom is -0.372 e. The van der Waals surface area contributed by atoms with Crippen LogP contribution in [0.4, 0.5) is 5.69 Å². The lowest BCUT2D eigenvalue weighted by Crippen LogP contribution is -2.21. The molecule has 0 heterocycles. The number of hydrogen-bond donors (Lipinski definition) is 0. The van der Waals surface area contributed by atoms with Crippen molar-refractivity contribution in [3.8, 4) is 0 Å². The zero-order valence-corrected chi connectivity index (χ0v) is 12.2. The standard InChI is InChI=1S/C13H18ClNO2S/c1-3-15(4-2)11-7-5-10(6-8-11)12-9-13(12)18(14,16)17/h5-8,12-13H,3-4,9H2,1-2H3. The summed E-state index contributed by atoms with van der Waals surface area (Å²) in [4.78, 5) is 2.26. The van der Waals surface area contributed by atoms with E-state index in [0.29, 0.717) is 6.42 Å². The van der Waals surface area contributed by atoms with Gasteiger partial charge in [0.1, 0.15) is 0 Å². The van der Waals surface area contributed by atoms with Crippen molar-refractivity contribution in [3.63, 3.8) is 0 Å². The fourth-order valence-electron chi connectivity index (χ4n) is 2.35. The predicted molar refractivity (Wildman–Crippen MR) is 75.9 cm³/mol. The van der Waals surface area contributed by atoms with Gasteiger partial charge in [0.15, 0.2) is 0 Å². The largest absolute Gasteiger partial charge is 0.372 e. The van der Waals surface area contributed by atoms with Crippen molar-refractivity contribution < 1.29 is 8.42 Å². The summed E-state index contributed by atoms with van der Waals surface area (Å²) in [7, 11) is 1.96. The summed E-state index contributed by atoms with van der Waals surface area (Å²) >= 11 is 0. The molecule has 0 spiro atoms. The maximum absolute atomic E-state index is 11.2. The second kappa shape index (κ2) is 5.10. The van der Waals surface area contributed by atoms with Gasteiger partial charge in [0.2, 0.25) is 9.05 Å². The van der Waals surface area contributed by atoms with Gasteiger partial charge < -0.3 is 4.90 Å². The van der Waals surface area contributed by atoms with Crippen LogP contribution in [-0.2, 0) is 9.05 Å². The molecule has 0 saturated heterocycles. The topological polar surface area (TPSA) is 37.4 Å². The van der Waals surface area contributed by atoms with Crippen LogP contribution >= 0.6 is 10.7 Å². The van der Waals surface area contributed by atoms with Crippen molar-refractivity contribution in [1.29, 1.82) is 0 Å². The third-order valence-corrected chi connectivity index (χ3v) is 5.47. The molecule has 100 valence electrons. The van der Waals surface area contributed by atoms with Gasteiger partial charge in [-0.15, -0.1) is 0 Å². The lowest BCUT2D eigenvalue weighted by molar-refractivity contribution is 0.607. The number of rotatable bonds is 5. The summed E-state index contributed by atoms with van der Waals surface area (Å²) in [6, 6.07) is 8.14. The predicted octanol–water partition coefficient (Wildman–Crippen LogP) is 2.96. The molecular weight excluding hydrogens is 270 g/mol. The monoisotopic (exact) mass is 287 g/mol. The van der Waals surface area contributed by atoms with Gasteiger partial charge in [-0.2, -0.15) is 0 Å². The fourth-order valence-corrected chi connectivity index (χ4v) is 3.93. The van der Waals surface area contributed by atoms with E-state index < -0.39 is 14.3 Å². The van der Waals surface area contributed by atoms with Crippen molar-refractivity contribution in [3.05, 3.63) is 29.8 Å². The van der Waals surface area contributed by atoms with Gasteiger partial charge in [-0.25, -0.2) is 8.42 Å². The molecule has 0 radical (unpaired) electrons. The van der Waals surface area contributed by atoms with Crippen LogP contribution in [0.2, 0.25) is 0 Å². The van der Waals surface area contributed by atoms with E-state index in [2.05, 4.69) is 30.9 Å². The normalized spacial score (nSPS) is 22.8. The van der Waals surface area contributed by atoms with Crippen LogP contribution in [0.25, 0.3) is 0 Å². The highest BCUT2D eigenvalue weighted by atomic mass is 35.7. The Kier molecular flexibility index (Phi) is 3.87. The van der Waals surface area contributed by atoms with E-state index in [-0.39, 0.29) is 5.92 Å². The van der Waals surface area contributed by atoms with E-state index in [0.717, 1.165) is 18.7 Å². The van der Waals surface area contributed by atoms with Gasteiger partial charge in [-0.05, 0) is 38.0 Å². The zero-order chi connectivity index (χ0) is 13.3. The molecule has 1 aliphatic carbocycles. The van der Waals surface area contributed by atoms with E-state index in [1.807, 2.05) is 12.1 Å². The second-order valence-corrected chi connectivity index (χ2v) is 7.47. The molecule has 2 rings (SSSR count). The van der Waals surface area contributed by atoms with Gasteiger partial charge in [0, 0.05) is 35.4 Å². The molecule has 1 saturated carbocycles. The van der Waals surface area contributed by atoms with E-state index in [1.54, 1.807) is 0 Å². The molecule has 0 aliphatic heterocycles. The highest BCUT2D eigenvalue weighted by Gasteiger charge is 2.47. The van der Waals surface area contributed by atoms with E-state index in [9.17, 15) is 8.42 Å². The molecular formula is C13H18ClNO2S. The molecule has 0 bridgehead atoms. The smallest absolute Gasteiger partial charge is 0.236 e. The Morgan fingerprint density at radius 2 is 1.78 bits per heavy atom. The van der Waals surface area contributed by atoms with Crippen molar-refractivity contribution in [2.24, 2.45) is 0 Å². The highest BCUT2D eigenvalue weighted by molar-refractivity contribution is 8.14. The highest BCUT2D eigenvalue weighted by Crippen LogP contribution is 2.47. The van der Waals surface area contributed by atoms with Crippen LogP contribution in [0.1, 0.15) is 31.7 Å². The van der Waals surface area contributed by atoms with Crippen molar-refractivity contribution in [2.45, 2.75) is 31.4 Å². The number of hydrogen-bond acceptors (Lipinski definition) is 3. The van der Waals surface area contributed by atoms with Gasteiger partial charge in [-0.1, -0.05) is 12.1 Å². The summed E-state index contributed by atoms with van der Waals surface area (Å²) < 4.78 is 22.4. The molecule has 2 unspecified atom stereocenters. The van der Waals surface area contributed by atoms with Crippen molar-refractivity contribution >= 4 is 25.4 Å². The maximum Gasteiger partial charge on any atom is 0.236 e. The molecule has 3 nitrogen and oxygen atoms in total. The Morgan fingerprint density at radius 1 is 1.22 bits per heavy atom. The number of halogens is 1. The first-order chi connectivity index (χ1) is 8.47. The number of nitrogens with zero attached hydrogens (tertiary/aromatic N) is 1. The van der Waals surface area contributed by atoms with Crippen LogP contribution in [-0.4, -0.2) is 26.8 Å². The molecule has 0 N–H and O–H groups in total. The van der Waals surface area contributed by atoms with Crippen molar-refractivity contribution in [2.75, 3.05) is 18.0 Å². The van der Waals surface area contributed by atoms with E-state index in [1.165, 1.54) is 5.69 Å². The molecule has 0 amide bonds. The van der Waals surface area contributed by atoms with E-state index in [4.69, 9.17) is 10.7 Å². The Balaban J connectivity index is 2.10. The van der Waals surface area contributed by atoms with Crippen LogP contribution in [0.5, 0.6) is 0 Å². The first-order valence-corrected chi connectivity index (χ1v) is 8.63. The average Bonchev–Trinajstić information content (AvgIpc) is 3.11. The molecule has 2 atom stereocenters. The molecule has 18 heavy (non-hydrogen) atoms. The average molecular weight is 288 g/mol. The summed E-state index contributed by atoms with van der Waals surface area (Å²) in [5, 5.41) is -0.390. The van der Waals surface area contributed by atoms with Gasteiger partial charge in [0.05, 0.1) is 5.25 Å². The minimum atomic E-state index is -3.40. The van der Waals surface area contributed by atoms with Crippen LogP contribution in [0, 0.1) is 0 Å². The Labute approximate surface area is 113 Å². The Bertz CT molecular complexity index is 508. The van der Waals surface area contributed by atoms with Gasteiger partial charge in [0.25, 0.3) is 0 Å². The Hall–Kier alpha value is -0.740.